The Bertz CT molecular complexity index is 337. The van der Waals surface area contributed by atoms with Crippen LogP contribution in [0.25, 0.3) is 0 Å². The third kappa shape index (κ3) is 5.32. The molecule has 88 valence electrons. The molecule has 0 spiro atoms. The molecule has 1 aromatic rings. The van der Waals surface area contributed by atoms with Crippen LogP contribution in [0.4, 0.5) is 0 Å². The molecule has 1 aromatic carbocycles. The summed E-state index contributed by atoms with van der Waals surface area (Å²) in [6, 6.07) is 7.74. The lowest BCUT2D eigenvalue weighted by molar-refractivity contribution is 0.102. The van der Waals surface area contributed by atoms with Gasteiger partial charge in [0.25, 0.3) is 0 Å². The molecular formula is C12H16INOS. The monoisotopic (exact) mass is 349 g/mol. The Labute approximate surface area is 115 Å². The van der Waals surface area contributed by atoms with E-state index in [1.54, 1.807) is 11.8 Å². The Morgan fingerprint density at radius 2 is 1.94 bits per heavy atom. The standard InChI is InChI=1S/C12H16INOS/c1-14(2)7-8-16-9-12(15)10-3-5-11(13)6-4-10/h3-6H,7-9H2,1-2H3. The summed E-state index contributed by atoms with van der Waals surface area (Å²) >= 11 is 3.94. The molecule has 4 heteroatoms. The van der Waals surface area contributed by atoms with E-state index >= 15 is 0 Å². The van der Waals surface area contributed by atoms with E-state index in [9.17, 15) is 4.79 Å². The molecule has 0 aliphatic heterocycles. The second kappa shape index (κ2) is 7.29. The molecule has 0 aliphatic rings. The lowest BCUT2D eigenvalue weighted by atomic mass is 10.2. The first-order valence-electron chi connectivity index (χ1n) is 5.11. The number of carbonyl (C=O) groups excluding carboxylic acids is 1. The Morgan fingerprint density at radius 1 is 1.31 bits per heavy atom. The number of thioether (sulfide) groups is 1. The molecule has 2 nitrogen and oxygen atoms in total. The van der Waals surface area contributed by atoms with Crippen LogP contribution in [0.1, 0.15) is 10.4 Å². The molecule has 0 atom stereocenters. The fraction of sp³-hybridized carbons (Fsp3) is 0.417. The fourth-order valence-corrected chi connectivity index (χ4v) is 2.48. The topological polar surface area (TPSA) is 20.3 Å². The SMILES string of the molecule is CN(C)CCSCC(=O)c1ccc(I)cc1. The average molecular weight is 349 g/mol. The zero-order valence-corrected chi connectivity index (χ0v) is 12.5. The Hall–Kier alpha value is -0.0700. The summed E-state index contributed by atoms with van der Waals surface area (Å²) in [5, 5.41) is 0. The van der Waals surface area contributed by atoms with Gasteiger partial charge in [-0.3, -0.25) is 4.79 Å². The van der Waals surface area contributed by atoms with Crippen LogP contribution in [-0.2, 0) is 0 Å². The van der Waals surface area contributed by atoms with Gasteiger partial charge in [0.05, 0.1) is 5.75 Å². The van der Waals surface area contributed by atoms with E-state index in [1.807, 2.05) is 38.4 Å². The highest BCUT2D eigenvalue weighted by atomic mass is 127. The van der Waals surface area contributed by atoms with Crippen LogP contribution in [0, 0.1) is 3.57 Å². The second-order valence-corrected chi connectivity index (χ2v) is 6.14. The van der Waals surface area contributed by atoms with Gasteiger partial charge in [-0.2, -0.15) is 11.8 Å². The number of hydrogen-bond donors (Lipinski definition) is 0. The van der Waals surface area contributed by atoms with Gasteiger partial charge >= 0.3 is 0 Å². The minimum Gasteiger partial charge on any atom is -0.309 e. The molecule has 1 rings (SSSR count). The van der Waals surface area contributed by atoms with Gasteiger partial charge in [0.1, 0.15) is 0 Å². The summed E-state index contributed by atoms with van der Waals surface area (Å²) < 4.78 is 1.16. The zero-order valence-electron chi connectivity index (χ0n) is 9.57. The first-order valence-corrected chi connectivity index (χ1v) is 7.34. The molecule has 0 radical (unpaired) electrons. The van der Waals surface area contributed by atoms with Gasteiger partial charge in [-0.1, -0.05) is 12.1 Å². The van der Waals surface area contributed by atoms with Crippen LogP contribution in [0.2, 0.25) is 0 Å². The number of halogens is 1. The van der Waals surface area contributed by atoms with Crippen LogP contribution in [0.5, 0.6) is 0 Å². The zero-order chi connectivity index (χ0) is 12.0. The molecule has 0 heterocycles. The first kappa shape index (κ1) is 14.0. The minimum absolute atomic E-state index is 0.222. The summed E-state index contributed by atoms with van der Waals surface area (Å²) in [5.74, 6) is 1.80. The van der Waals surface area contributed by atoms with Crippen molar-refractivity contribution in [2.24, 2.45) is 0 Å². The number of carbonyl (C=O) groups is 1. The van der Waals surface area contributed by atoms with Gasteiger partial charge in [-0.05, 0) is 48.8 Å². The molecule has 16 heavy (non-hydrogen) atoms. The van der Waals surface area contributed by atoms with Gasteiger partial charge < -0.3 is 4.90 Å². The van der Waals surface area contributed by atoms with Crippen LogP contribution >= 0.6 is 34.4 Å². The average Bonchev–Trinajstić information content (AvgIpc) is 2.25. The van der Waals surface area contributed by atoms with Crippen LogP contribution < -0.4 is 0 Å². The predicted molar refractivity (Wildman–Crippen MR) is 79.4 cm³/mol. The maximum absolute atomic E-state index is 11.8. The largest absolute Gasteiger partial charge is 0.309 e. The lowest BCUT2D eigenvalue weighted by Gasteiger charge is -2.08. The second-order valence-electron chi connectivity index (χ2n) is 3.79. The van der Waals surface area contributed by atoms with Crippen molar-refractivity contribution in [3.8, 4) is 0 Å². The third-order valence-corrected chi connectivity index (χ3v) is 3.74. The van der Waals surface area contributed by atoms with Crippen molar-refractivity contribution in [1.29, 1.82) is 0 Å². The van der Waals surface area contributed by atoms with E-state index in [0.717, 1.165) is 21.4 Å². The summed E-state index contributed by atoms with van der Waals surface area (Å²) in [4.78, 5) is 13.9. The smallest absolute Gasteiger partial charge is 0.172 e. The fourth-order valence-electron chi connectivity index (χ4n) is 1.13. The summed E-state index contributed by atoms with van der Waals surface area (Å²) in [6.45, 7) is 1.02. The highest BCUT2D eigenvalue weighted by Crippen LogP contribution is 2.10. The molecule has 0 saturated carbocycles. The van der Waals surface area contributed by atoms with E-state index in [2.05, 4.69) is 27.5 Å². The number of ketones is 1. The van der Waals surface area contributed by atoms with Gasteiger partial charge in [0.15, 0.2) is 5.78 Å². The number of hydrogen-bond acceptors (Lipinski definition) is 3. The molecule has 0 amide bonds. The molecule has 0 aromatic heterocycles. The van der Waals surface area contributed by atoms with E-state index in [-0.39, 0.29) is 5.78 Å². The number of Topliss-reactive ketones (excluding diaryl/α,β-unsaturated/α-hetero) is 1. The van der Waals surface area contributed by atoms with Gasteiger partial charge in [0, 0.05) is 21.4 Å². The maximum atomic E-state index is 11.8. The van der Waals surface area contributed by atoms with Crippen molar-refractivity contribution in [1.82, 2.24) is 4.90 Å². The summed E-state index contributed by atoms with van der Waals surface area (Å²) in [7, 11) is 4.09. The van der Waals surface area contributed by atoms with Crippen LogP contribution in [-0.4, -0.2) is 42.8 Å². The Morgan fingerprint density at radius 3 is 2.50 bits per heavy atom. The molecule has 0 saturated heterocycles. The number of benzene rings is 1. The van der Waals surface area contributed by atoms with Crippen molar-refractivity contribution >= 4 is 40.1 Å². The minimum atomic E-state index is 0.222. The number of rotatable bonds is 6. The molecule has 0 bridgehead atoms. The highest BCUT2D eigenvalue weighted by Gasteiger charge is 2.05. The van der Waals surface area contributed by atoms with Crippen molar-refractivity contribution in [2.45, 2.75) is 0 Å². The van der Waals surface area contributed by atoms with Crippen molar-refractivity contribution in [2.75, 3.05) is 32.1 Å². The van der Waals surface area contributed by atoms with Crippen molar-refractivity contribution < 1.29 is 4.79 Å². The quantitative estimate of drug-likeness (QED) is 0.448. The Kier molecular flexibility index (Phi) is 6.38. The van der Waals surface area contributed by atoms with Gasteiger partial charge in [0.2, 0.25) is 0 Å². The molecule has 0 fully saturated rings. The normalized spacial score (nSPS) is 10.8. The molecule has 0 unspecified atom stereocenters. The predicted octanol–water partition coefficient (Wildman–Crippen LogP) is 2.77. The van der Waals surface area contributed by atoms with Crippen molar-refractivity contribution in [3.05, 3.63) is 33.4 Å². The Balaban J connectivity index is 2.32. The van der Waals surface area contributed by atoms with Crippen molar-refractivity contribution in [3.63, 3.8) is 0 Å². The highest BCUT2D eigenvalue weighted by molar-refractivity contribution is 14.1. The van der Waals surface area contributed by atoms with E-state index in [1.165, 1.54) is 0 Å². The lowest BCUT2D eigenvalue weighted by Crippen LogP contribution is -2.15. The molecule has 0 N–H and O–H groups in total. The molecular weight excluding hydrogens is 333 g/mol. The van der Waals surface area contributed by atoms with Gasteiger partial charge in [-0.25, -0.2) is 0 Å². The number of nitrogens with zero attached hydrogens (tertiary/aromatic N) is 1. The first-order chi connectivity index (χ1) is 7.59. The maximum Gasteiger partial charge on any atom is 0.172 e. The summed E-state index contributed by atoms with van der Waals surface area (Å²) in [6.07, 6.45) is 0. The van der Waals surface area contributed by atoms with E-state index in [0.29, 0.717) is 5.75 Å². The van der Waals surface area contributed by atoms with Crippen LogP contribution in [0.15, 0.2) is 24.3 Å². The van der Waals surface area contributed by atoms with Crippen LogP contribution in [0.3, 0.4) is 0 Å². The third-order valence-electron chi connectivity index (χ3n) is 2.08. The van der Waals surface area contributed by atoms with Gasteiger partial charge in [-0.15, -0.1) is 0 Å². The molecule has 0 aliphatic carbocycles. The van der Waals surface area contributed by atoms with E-state index < -0.39 is 0 Å². The summed E-state index contributed by atoms with van der Waals surface area (Å²) in [5.41, 5.74) is 0.817. The van der Waals surface area contributed by atoms with E-state index in [4.69, 9.17) is 0 Å².